The summed E-state index contributed by atoms with van der Waals surface area (Å²) >= 11 is 0. The Morgan fingerprint density at radius 3 is 1.88 bits per heavy atom. The Bertz CT molecular complexity index is 790. The van der Waals surface area contributed by atoms with Gasteiger partial charge in [0, 0.05) is 17.7 Å². The van der Waals surface area contributed by atoms with Gasteiger partial charge in [-0.15, -0.1) is 0 Å². The van der Waals surface area contributed by atoms with Crippen LogP contribution in [0.25, 0.3) is 0 Å². The van der Waals surface area contributed by atoms with Gasteiger partial charge < -0.3 is 0 Å². The molecule has 0 atom stereocenters. The Morgan fingerprint density at radius 2 is 1.38 bits per heavy atom. The van der Waals surface area contributed by atoms with Gasteiger partial charge in [-0.1, -0.05) is 24.3 Å². The Kier molecular flexibility index (Phi) is 5.70. The van der Waals surface area contributed by atoms with Crippen LogP contribution in [0.2, 0.25) is 0 Å². The van der Waals surface area contributed by atoms with Gasteiger partial charge in [-0.2, -0.15) is 0 Å². The summed E-state index contributed by atoms with van der Waals surface area (Å²) in [6, 6.07) is 8.21. The molecule has 0 aliphatic carbocycles. The lowest BCUT2D eigenvalue weighted by molar-refractivity contribution is 0.523. The molecule has 0 fully saturated rings. The molecule has 6 heteroatoms. The zero-order chi connectivity index (χ0) is 17.9. The molecular weight excluding hydrogens is 337 g/mol. The molecule has 0 aromatic heterocycles. The van der Waals surface area contributed by atoms with Crippen LogP contribution in [0.15, 0.2) is 36.4 Å². The van der Waals surface area contributed by atoms with Crippen molar-refractivity contribution in [2.24, 2.45) is 0 Å². The molecular formula is C18H19F3O2S. The standard InChI is InChI=1S/C18H19F3O2S/c1-12(2)24(22,23)11-14-5-3-13(4-6-14)7-8-16-17(20)9-15(19)10-18(16)21/h3-6,9-10,12H,7-8,11H2,1-2H3. The van der Waals surface area contributed by atoms with Crippen molar-refractivity contribution in [1.29, 1.82) is 0 Å². The third kappa shape index (κ3) is 4.60. The molecule has 2 aromatic carbocycles. The van der Waals surface area contributed by atoms with Gasteiger partial charge in [0.25, 0.3) is 0 Å². The molecule has 0 saturated carbocycles. The van der Waals surface area contributed by atoms with E-state index >= 15 is 0 Å². The van der Waals surface area contributed by atoms with Crippen molar-refractivity contribution in [1.82, 2.24) is 0 Å². The topological polar surface area (TPSA) is 34.1 Å². The van der Waals surface area contributed by atoms with Crippen molar-refractivity contribution < 1.29 is 21.6 Å². The van der Waals surface area contributed by atoms with E-state index in [1.165, 1.54) is 0 Å². The Morgan fingerprint density at radius 1 is 0.875 bits per heavy atom. The largest absolute Gasteiger partial charge is 0.228 e. The second kappa shape index (κ2) is 7.38. The monoisotopic (exact) mass is 356 g/mol. The normalized spacial score (nSPS) is 11.9. The summed E-state index contributed by atoms with van der Waals surface area (Å²) in [7, 11) is -3.17. The smallest absolute Gasteiger partial charge is 0.156 e. The SMILES string of the molecule is CC(C)S(=O)(=O)Cc1ccc(CCc2c(F)cc(F)cc2F)cc1. The fourth-order valence-electron chi connectivity index (χ4n) is 2.28. The highest BCUT2D eigenvalue weighted by Gasteiger charge is 2.16. The summed E-state index contributed by atoms with van der Waals surface area (Å²) in [6.45, 7) is 3.27. The van der Waals surface area contributed by atoms with Crippen LogP contribution in [-0.2, 0) is 28.4 Å². The minimum Gasteiger partial charge on any atom is -0.228 e. The zero-order valence-corrected chi connectivity index (χ0v) is 14.3. The minimum atomic E-state index is -3.17. The van der Waals surface area contributed by atoms with E-state index in [0.29, 0.717) is 24.1 Å². The van der Waals surface area contributed by atoms with Crippen molar-refractivity contribution in [2.45, 2.75) is 37.7 Å². The highest BCUT2D eigenvalue weighted by Crippen LogP contribution is 2.18. The molecule has 0 spiro atoms. The minimum absolute atomic E-state index is 0.0356. The van der Waals surface area contributed by atoms with Gasteiger partial charge in [-0.25, -0.2) is 21.6 Å². The maximum atomic E-state index is 13.6. The first-order chi connectivity index (χ1) is 11.2. The van der Waals surface area contributed by atoms with Gasteiger partial charge in [0.1, 0.15) is 17.5 Å². The van der Waals surface area contributed by atoms with Crippen LogP contribution in [0, 0.1) is 17.5 Å². The molecule has 130 valence electrons. The molecule has 0 heterocycles. The average molecular weight is 356 g/mol. The zero-order valence-electron chi connectivity index (χ0n) is 13.5. The van der Waals surface area contributed by atoms with Crippen LogP contribution < -0.4 is 0 Å². The lowest BCUT2D eigenvalue weighted by Crippen LogP contribution is -2.15. The molecule has 24 heavy (non-hydrogen) atoms. The lowest BCUT2D eigenvalue weighted by atomic mass is 10.0. The summed E-state index contributed by atoms with van der Waals surface area (Å²) in [5.41, 5.74) is 1.35. The second-order valence-corrected chi connectivity index (χ2v) is 8.58. The lowest BCUT2D eigenvalue weighted by Gasteiger charge is -2.09. The number of aryl methyl sites for hydroxylation is 1. The molecule has 0 amide bonds. The van der Waals surface area contributed by atoms with Crippen molar-refractivity contribution in [3.8, 4) is 0 Å². The van der Waals surface area contributed by atoms with Crippen LogP contribution in [0.1, 0.15) is 30.5 Å². The molecule has 0 radical (unpaired) electrons. The molecule has 2 aromatic rings. The van der Waals surface area contributed by atoms with Crippen LogP contribution in [-0.4, -0.2) is 13.7 Å². The fourth-order valence-corrected chi connectivity index (χ4v) is 3.27. The van der Waals surface area contributed by atoms with Crippen molar-refractivity contribution in [2.75, 3.05) is 0 Å². The number of benzene rings is 2. The van der Waals surface area contributed by atoms with Crippen LogP contribution >= 0.6 is 0 Å². The van der Waals surface area contributed by atoms with E-state index < -0.39 is 32.5 Å². The maximum absolute atomic E-state index is 13.6. The Balaban J connectivity index is 2.05. The Hall–Kier alpha value is -1.82. The summed E-state index contributed by atoms with van der Waals surface area (Å²) in [4.78, 5) is 0. The highest BCUT2D eigenvalue weighted by molar-refractivity contribution is 7.91. The second-order valence-electron chi connectivity index (χ2n) is 6.02. The van der Waals surface area contributed by atoms with Crippen LogP contribution in [0.3, 0.4) is 0 Å². The molecule has 0 aliphatic heterocycles. The summed E-state index contributed by atoms with van der Waals surface area (Å²) in [5, 5.41) is -0.443. The van der Waals surface area contributed by atoms with Gasteiger partial charge in [0.2, 0.25) is 0 Å². The maximum Gasteiger partial charge on any atom is 0.156 e. The van der Waals surface area contributed by atoms with Gasteiger partial charge in [0.05, 0.1) is 11.0 Å². The molecule has 0 saturated heterocycles. The van der Waals surface area contributed by atoms with Crippen LogP contribution in [0.4, 0.5) is 13.2 Å². The number of hydrogen-bond acceptors (Lipinski definition) is 2. The average Bonchev–Trinajstić information content (AvgIpc) is 2.47. The van der Waals surface area contributed by atoms with E-state index in [9.17, 15) is 21.6 Å². The van der Waals surface area contributed by atoms with Crippen molar-refractivity contribution in [3.63, 3.8) is 0 Å². The van der Waals surface area contributed by atoms with Gasteiger partial charge in [0.15, 0.2) is 9.84 Å². The van der Waals surface area contributed by atoms with E-state index in [2.05, 4.69) is 0 Å². The molecule has 0 aliphatic rings. The first-order valence-corrected chi connectivity index (χ1v) is 9.33. The predicted octanol–water partition coefficient (Wildman–Crippen LogP) is 4.21. The first kappa shape index (κ1) is 18.5. The van der Waals surface area contributed by atoms with Crippen molar-refractivity contribution in [3.05, 3.63) is 70.5 Å². The fraction of sp³-hybridized carbons (Fsp3) is 0.333. The molecule has 0 bridgehead atoms. The number of rotatable bonds is 6. The molecule has 2 nitrogen and oxygen atoms in total. The van der Waals surface area contributed by atoms with Gasteiger partial charge >= 0.3 is 0 Å². The number of hydrogen-bond donors (Lipinski definition) is 0. The van der Waals surface area contributed by atoms with E-state index in [1.807, 2.05) is 0 Å². The predicted molar refractivity (Wildman–Crippen MR) is 87.9 cm³/mol. The number of halogens is 3. The highest BCUT2D eigenvalue weighted by atomic mass is 32.2. The van der Waals surface area contributed by atoms with E-state index in [4.69, 9.17) is 0 Å². The van der Waals surface area contributed by atoms with Crippen molar-refractivity contribution >= 4 is 9.84 Å². The quantitative estimate of drug-likeness (QED) is 0.777. The molecule has 0 N–H and O–H groups in total. The van der Waals surface area contributed by atoms with E-state index in [0.717, 1.165) is 5.56 Å². The summed E-state index contributed by atoms with van der Waals surface area (Å²) in [5.74, 6) is -2.77. The van der Waals surface area contributed by atoms with Gasteiger partial charge in [-0.3, -0.25) is 0 Å². The third-order valence-corrected chi connectivity index (χ3v) is 6.05. The van der Waals surface area contributed by atoms with E-state index in [-0.39, 0.29) is 17.7 Å². The van der Waals surface area contributed by atoms with Crippen LogP contribution in [0.5, 0.6) is 0 Å². The van der Waals surface area contributed by atoms with E-state index in [1.54, 1.807) is 38.1 Å². The number of sulfone groups is 1. The first-order valence-electron chi connectivity index (χ1n) is 7.62. The van der Waals surface area contributed by atoms with Gasteiger partial charge in [-0.05, 0) is 37.8 Å². The Labute approximate surface area is 140 Å². The summed E-state index contributed by atoms with van der Waals surface area (Å²) in [6.07, 6.45) is 0.471. The molecule has 0 unspecified atom stereocenters. The third-order valence-electron chi connectivity index (χ3n) is 3.88. The summed E-state index contributed by atoms with van der Waals surface area (Å²) < 4.78 is 63.8. The molecule has 2 rings (SSSR count).